The van der Waals surface area contributed by atoms with Gasteiger partial charge in [-0.2, -0.15) is 0 Å². The summed E-state index contributed by atoms with van der Waals surface area (Å²) in [5.74, 6) is -3.43. The number of Topliss-reactive ketones (excluding diaryl/α,β-unsaturated/α-hetero) is 1. The Balaban J connectivity index is 1.40. The summed E-state index contributed by atoms with van der Waals surface area (Å²) < 4.78 is 20.2. The van der Waals surface area contributed by atoms with Crippen molar-refractivity contribution in [1.82, 2.24) is 4.90 Å². The number of halogens is 1. The van der Waals surface area contributed by atoms with E-state index < -0.39 is 41.9 Å². The molecule has 0 radical (unpaired) electrons. The number of fused-ring (bicyclic) bond motifs is 1. The lowest BCUT2D eigenvalue weighted by molar-refractivity contribution is -0.140. The minimum Gasteiger partial charge on any atom is -0.378 e. The molecule has 0 aliphatic carbocycles. The lowest BCUT2D eigenvalue weighted by Crippen LogP contribution is -2.53. The molecule has 2 heterocycles. The number of hydrogen-bond donors (Lipinski definition) is 1. The lowest BCUT2D eigenvalue weighted by atomic mass is 9.99. The normalized spacial score (nSPS) is 15.5. The zero-order valence-corrected chi connectivity index (χ0v) is 23.6. The van der Waals surface area contributed by atoms with Crippen LogP contribution < -0.4 is 15.1 Å². The quantitative estimate of drug-likeness (QED) is 0.391. The fraction of sp³-hybridized carbons (Fsp3) is 0.312. The van der Waals surface area contributed by atoms with Crippen molar-refractivity contribution in [1.29, 1.82) is 0 Å². The zero-order chi connectivity index (χ0) is 29.8. The number of morpholine rings is 1. The Morgan fingerprint density at radius 3 is 2.31 bits per heavy atom. The minimum atomic E-state index is -1.00. The van der Waals surface area contributed by atoms with Crippen molar-refractivity contribution in [3.05, 3.63) is 89.7 Å². The molecule has 1 N–H and O–H groups in total. The number of hydrogen-bond acceptors (Lipinski definition) is 6. The molecule has 0 bridgehead atoms. The van der Waals surface area contributed by atoms with Crippen molar-refractivity contribution in [2.45, 2.75) is 26.4 Å². The largest absolute Gasteiger partial charge is 0.378 e. The van der Waals surface area contributed by atoms with Crippen molar-refractivity contribution < 1.29 is 28.3 Å². The third-order valence-electron chi connectivity index (χ3n) is 7.54. The summed E-state index contributed by atoms with van der Waals surface area (Å²) in [5.41, 5.74) is 2.34. The maximum absolute atomic E-state index is 14.8. The van der Waals surface area contributed by atoms with Gasteiger partial charge in [-0.1, -0.05) is 44.2 Å². The van der Waals surface area contributed by atoms with Gasteiger partial charge in [-0.15, -0.1) is 0 Å². The number of ketones is 1. The van der Waals surface area contributed by atoms with E-state index in [2.05, 4.69) is 10.2 Å². The van der Waals surface area contributed by atoms with E-state index in [4.69, 9.17) is 4.74 Å². The molecule has 0 aromatic heterocycles. The molecular weight excluding hydrogens is 539 g/mol. The highest BCUT2D eigenvalue weighted by molar-refractivity contribution is 6.52. The van der Waals surface area contributed by atoms with E-state index in [9.17, 15) is 23.6 Å². The Kier molecular flexibility index (Phi) is 8.63. The van der Waals surface area contributed by atoms with E-state index in [0.717, 1.165) is 23.7 Å². The maximum atomic E-state index is 14.8. The van der Waals surface area contributed by atoms with Crippen LogP contribution in [0.2, 0.25) is 0 Å². The first-order valence-corrected chi connectivity index (χ1v) is 14.0. The van der Waals surface area contributed by atoms with Gasteiger partial charge in [0.2, 0.25) is 11.8 Å². The average Bonchev–Trinajstić information content (AvgIpc) is 3.23. The molecule has 0 spiro atoms. The van der Waals surface area contributed by atoms with E-state index in [1.165, 1.54) is 17.0 Å². The Hall–Kier alpha value is -4.57. The van der Waals surface area contributed by atoms with Crippen molar-refractivity contribution in [3.8, 4) is 0 Å². The monoisotopic (exact) mass is 572 g/mol. The fourth-order valence-corrected chi connectivity index (χ4v) is 5.38. The molecular formula is C32H33FN4O5. The van der Waals surface area contributed by atoms with E-state index in [1.807, 2.05) is 12.1 Å². The van der Waals surface area contributed by atoms with Gasteiger partial charge < -0.3 is 19.9 Å². The van der Waals surface area contributed by atoms with Crippen molar-refractivity contribution in [3.63, 3.8) is 0 Å². The SMILES string of the molecule is CC(C)C(C(=O)Nc1ccc(N2CCOCC2)cc1)N(Cc1ccccc1F)C(=O)CN1C(=O)C(=O)c2ccccc21. The van der Waals surface area contributed by atoms with Gasteiger partial charge in [0.25, 0.3) is 11.7 Å². The van der Waals surface area contributed by atoms with Crippen molar-refractivity contribution >= 4 is 40.6 Å². The molecule has 1 saturated heterocycles. The second kappa shape index (κ2) is 12.5. The van der Waals surface area contributed by atoms with Crippen molar-refractivity contribution in [2.24, 2.45) is 5.92 Å². The molecule has 9 nitrogen and oxygen atoms in total. The smallest absolute Gasteiger partial charge is 0.299 e. The number of benzene rings is 3. The minimum absolute atomic E-state index is 0.199. The summed E-state index contributed by atoms with van der Waals surface area (Å²) in [7, 11) is 0. The van der Waals surface area contributed by atoms with E-state index in [-0.39, 0.29) is 23.6 Å². The number of nitrogens with one attached hydrogen (secondary N) is 1. The molecule has 1 fully saturated rings. The predicted molar refractivity (Wildman–Crippen MR) is 157 cm³/mol. The number of rotatable bonds is 9. The summed E-state index contributed by atoms with van der Waals surface area (Å²) in [6, 6.07) is 18.9. The second-order valence-corrected chi connectivity index (χ2v) is 10.7. The number of ether oxygens (including phenoxy) is 1. The molecule has 42 heavy (non-hydrogen) atoms. The van der Waals surface area contributed by atoms with Gasteiger partial charge in [0.15, 0.2) is 0 Å². The van der Waals surface area contributed by atoms with Gasteiger partial charge >= 0.3 is 0 Å². The maximum Gasteiger partial charge on any atom is 0.299 e. The van der Waals surface area contributed by atoms with Crippen LogP contribution in [-0.2, 0) is 25.7 Å². The first-order chi connectivity index (χ1) is 20.2. The van der Waals surface area contributed by atoms with Crippen LogP contribution in [0.3, 0.4) is 0 Å². The molecule has 10 heteroatoms. The summed E-state index contributed by atoms with van der Waals surface area (Å²) in [5, 5.41) is 2.91. The molecule has 5 rings (SSSR count). The van der Waals surface area contributed by atoms with Gasteiger partial charge in [0, 0.05) is 36.6 Å². The number of carbonyl (C=O) groups is 4. The summed E-state index contributed by atoms with van der Waals surface area (Å²) in [4.78, 5) is 57.6. The van der Waals surface area contributed by atoms with Crippen molar-refractivity contribution in [2.75, 3.05) is 48.0 Å². The molecule has 3 amide bonds. The molecule has 3 aromatic rings. The molecule has 2 aliphatic heterocycles. The van der Waals surface area contributed by atoms with Crippen LogP contribution in [0.4, 0.5) is 21.5 Å². The second-order valence-electron chi connectivity index (χ2n) is 10.7. The summed E-state index contributed by atoms with van der Waals surface area (Å²) >= 11 is 0. The van der Waals surface area contributed by atoms with Crippen LogP contribution in [0.1, 0.15) is 29.8 Å². The van der Waals surface area contributed by atoms with E-state index >= 15 is 0 Å². The highest BCUT2D eigenvalue weighted by Crippen LogP contribution is 2.29. The number of nitrogens with zero attached hydrogens (tertiary/aromatic N) is 3. The molecule has 3 aromatic carbocycles. The Labute approximate surface area is 243 Å². The standard InChI is InChI=1S/C32H33FN4O5/c1-21(2)29(31(40)34-23-11-13-24(14-12-23)35-15-17-42-18-16-35)37(19-22-7-3-5-9-26(22)33)28(38)20-36-27-10-6-4-8-25(27)30(39)32(36)41/h3-14,21,29H,15-20H2,1-2H3,(H,34,40). The number of para-hydroxylation sites is 1. The molecule has 2 aliphatic rings. The number of amides is 3. The number of carbonyl (C=O) groups excluding carboxylic acids is 4. The molecule has 1 unspecified atom stereocenters. The summed E-state index contributed by atoms with van der Waals surface area (Å²) in [6.45, 7) is 5.80. The van der Waals surface area contributed by atoms with Crippen LogP contribution in [0.5, 0.6) is 0 Å². The Morgan fingerprint density at radius 1 is 0.952 bits per heavy atom. The first-order valence-electron chi connectivity index (χ1n) is 14.0. The van der Waals surface area contributed by atoms with Crippen LogP contribution in [0.25, 0.3) is 0 Å². The van der Waals surface area contributed by atoms with Gasteiger partial charge in [0.05, 0.1) is 24.5 Å². The number of anilines is 3. The average molecular weight is 573 g/mol. The summed E-state index contributed by atoms with van der Waals surface area (Å²) in [6.07, 6.45) is 0. The van der Waals surface area contributed by atoms with Crippen LogP contribution in [-0.4, -0.2) is 67.3 Å². The fourth-order valence-electron chi connectivity index (χ4n) is 5.38. The first kappa shape index (κ1) is 28.9. The Bertz CT molecular complexity index is 1490. The Morgan fingerprint density at radius 2 is 1.62 bits per heavy atom. The highest BCUT2D eigenvalue weighted by atomic mass is 19.1. The molecule has 1 atom stereocenters. The van der Waals surface area contributed by atoms with Gasteiger partial charge in [0.1, 0.15) is 18.4 Å². The van der Waals surface area contributed by atoms with Gasteiger partial charge in [-0.3, -0.25) is 24.1 Å². The lowest BCUT2D eigenvalue weighted by Gasteiger charge is -2.35. The van der Waals surface area contributed by atoms with E-state index in [0.29, 0.717) is 24.6 Å². The third-order valence-corrected chi connectivity index (χ3v) is 7.54. The van der Waals surface area contributed by atoms with Gasteiger partial charge in [-0.25, -0.2) is 4.39 Å². The molecule has 218 valence electrons. The van der Waals surface area contributed by atoms with Crippen LogP contribution >= 0.6 is 0 Å². The molecule has 0 saturated carbocycles. The van der Waals surface area contributed by atoms with Crippen LogP contribution in [0, 0.1) is 11.7 Å². The highest BCUT2D eigenvalue weighted by Gasteiger charge is 2.39. The third kappa shape index (κ3) is 6.03. The predicted octanol–water partition coefficient (Wildman–Crippen LogP) is 3.88. The van der Waals surface area contributed by atoms with Crippen LogP contribution in [0.15, 0.2) is 72.8 Å². The topological polar surface area (TPSA) is 99.3 Å². The zero-order valence-electron chi connectivity index (χ0n) is 23.6. The van der Waals surface area contributed by atoms with E-state index in [1.54, 1.807) is 62.4 Å². The van der Waals surface area contributed by atoms with Gasteiger partial charge in [-0.05, 0) is 48.4 Å².